The van der Waals surface area contributed by atoms with Gasteiger partial charge in [-0.3, -0.25) is 0 Å². The Morgan fingerprint density at radius 3 is 2.18 bits per heavy atom. The summed E-state index contributed by atoms with van der Waals surface area (Å²) in [5.74, 6) is 0.283. The first kappa shape index (κ1) is 14.9. The van der Waals surface area contributed by atoms with Gasteiger partial charge in [-0.1, -0.05) is 36.5 Å². The highest BCUT2D eigenvalue weighted by molar-refractivity contribution is 8.13. The molecule has 0 aliphatic carbocycles. The van der Waals surface area contributed by atoms with E-state index in [0.717, 1.165) is 12.8 Å². The highest BCUT2D eigenvalue weighted by Gasteiger charge is 2.16. The summed E-state index contributed by atoms with van der Waals surface area (Å²) >= 11 is 11.8. The van der Waals surface area contributed by atoms with E-state index in [9.17, 15) is 8.42 Å². The van der Waals surface area contributed by atoms with Crippen molar-refractivity contribution in [2.45, 2.75) is 24.7 Å². The van der Waals surface area contributed by atoms with Gasteiger partial charge < -0.3 is 4.74 Å². The van der Waals surface area contributed by atoms with Gasteiger partial charge in [-0.15, -0.1) is 0 Å². The molecule has 0 amide bonds. The van der Waals surface area contributed by atoms with Gasteiger partial charge in [0.05, 0.1) is 21.5 Å². The quantitative estimate of drug-likeness (QED) is 0.606. The van der Waals surface area contributed by atoms with E-state index in [0.29, 0.717) is 6.61 Å². The number of halogens is 3. The summed E-state index contributed by atoms with van der Waals surface area (Å²) in [4.78, 5) is -0.142. The first-order chi connectivity index (χ1) is 7.86. The molecule has 1 rings (SSSR count). The molecular formula is C10H11Cl3O3S. The Kier molecular flexibility index (Phi) is 5.38. The van der Waals surface area contributed by atoms with Crippen LogP contribution in [0.25, 0.3) is 0 Å². The van der Waals surface area contributed by atoms with Gasteiger partial charge in [-0.25, -0.2) is 8.42 Å². The predicted molar refractivity (Wildman–Crippen MR) is 69.9 cm³/mol. The maximum Gasteiger partial charge on any atom is 0.261 e. The van der Waals surface area contributed by atoms with E-state index in [1.54, 1.807) is 0 Å². The Balaban J connectivity index is 3.03. The molecule has 1 aromatic carbocycles. The Bertz CT molecular complexity index is 477. The number of ether oxygens (including phenoxy) is 1. The van der Waals surface area contributed by atoms with E-state index in [4.69, 9.17) is 38.6 Å². The fraction of sp³-hybridized carbons (Fsp3) is 0.400. The molecule has 96 valence electrons. The molecule has 0 saturated carbocycles. The molecule has 0 heterocycles. The standard InChI is InChI=1S/C10H11Cl3O3S/c1-2-3-4-16-10-8(11)5-7(6-9(10)12)17(13,14)15/h5-6H,2-4H2,1H3. The molecule has 7 heteroatoms. The number of unbranched alkanes of at least 4 members (excludes halogenated alkanes) is 1. The van der Waals surface area contributed by atoms with Gasteiger partial charge in [-0.05, 0) is 18.6 Å². The van der Waals surface area contributed by atoms with E-state index >= 15 is 0 Å². The van der Waals surface area contributed by atoms with Gasteiger partial charge in [0.15, 0.2) is 5.75 Å². The maximum absolute atomic E-state index is 11.1. The van der Waals surface area contributed by atoms with Crippen LogP contribution >= 0.6 is 33.9 Å². The van der Waals surface area contributed by atoms with Crippen molar-refractivity contribution in [2.24, 2.45) is 0 Å². The van der Waals surface area contributed by atoms with Crippen molar-refractivity contribution in [3.05, 3.63) is 22.2 Å². The third kappa shape index (κ3) is 4.21. The van der Waals surface area contributed by atoms with Crippen molar-refractivity contribution in [2.75, 3.05) is 6.61 Å². The van der Waals surface area contributed by atoms with E-state index < -0.39 is 9.05 Å². The summed E-state index contributed by atoms with van der Waals surface area (Å²) in [5, 5.41) is 0.264. The molecule has 0 aliphatic heterocycles. The Hall–Kier alpha value is -0.160. The highest BCUT2D eigenvalue weighted by Crippen LogP contribution is 2.36. The summed E-state index contributed by atoms with van der Waals surface area (Å²) in [6, 6.07) is 2.44. The topological polar surface area (TPSA) is 43.4 Å². The summed E-state index contributed by atoms with van der Waals surface area (Å²) in [7, 11) is 1.35. The zero-order valence-electron chi connectivity index (χ0n) is 9.04. The summed E-state index contributed by atoms with van der Waals surface area (Å²) in [6.45, 7) is 2.50. The molecule has 0 fully saturated rings. The van der Waals surface area contributed by atoms with Gasteiger partial charge in [0.2, 0.25) is 0 Å². The van der Waals surface area contributed by atoms with Crippen molar-refractivity contribution in [1.82, 2.24) is 0 Å². The fourth-order valence-corrected chi connectivity index (χ4v) is 2.64. The molecule has 0 unspecified atom stereocenters. The van der Waals surface area contributed by atoms with Crippen LogP contribution in [0, 0.1) is 0 Å². The van der Waals surface area contributed by atoms with Crippen molar-refractivity contribution >= 4 is 42.9 Å². The highest BCUT2D eigenvalue weighted by atomic mass is 35.7. The normalized spacial score (nSPS) is 11.5. The van der Waals surface area contributed by atoms with E-state index in [1.165, 1.54) is 12.1 Å². The van der Waals surface area contributed by atoms with Crippen LogP contribution in [0.4, 0.5) is 0 Å². The van der Waals surface area contributed by atoms with Gasteiger partial charge in [0, 0.05) is 10.7 Å². The third-order valence-electron chi connectivity index (χ3n) is 2.00. The molecule has 1 aromatic rings. The summed E-state index contributed by atoms with van der Waals surface area (Å²) in [6.07, 6.45) is 1.84. The number of benzene rings is 1. The van der Waals surface area contributed by atoms with Gasteiger partial charge in [0.1, 0.15) is 0 Å². The monoisotopic (exact) mass is 316 g/mol. The number of rotatable bonds is 5. The Morgan fingerprint density at radius 2 is 1.76 bits per heavy atom. The molecule has 0 radical (unpaired) electrons. The van der Waals surface area contributed by atoms with Crippen LogP contribution in [0.15, 0.2) is 17.0 Å². The van der Waals surface area contributed by atoms with Crippen LogP contribution in [0.5, 0.6) is 5.75 Å². The predicted octanol–water partition coefficient (Wildman–Crippen LogP) is 4.10. The lowest BCUT2D eigenvalue weighted by atomic mass is 10.3. The largest absolute Gasteiger partial charge is 0.490 e. The van der Waals surface area contributed by atoms with Gasteiger partial charge in [-0.2, -0.15) is 0 Å². The van der Waals surface area contributed by atoms with Crippen LogP contribution in [0.2, 0.25) is 10.0 Å². The minimum atomic E-state index is -3.84. The molecule has 0 bridgehead atoms. The van der Waals surface area contributed by atoms with Crippen LogP contribution in [-0.2, 0) is 9.05 Å². The molecule has 0 saturated heterocycles. The van der Waals surface area contributed by atoms with Crippen molar-refractivity contribution in [3.63, 3.8) is 0 Å². The average Bonchev–Trinajstić information content (AvgIpc) is 2.20. The molecule has 0 spiro atoms. The molecule has 0 N–H and O–H groups in total. The number of hydrogen-bond donors (Lipinski definition) is 0. The van der Waals surface area contributed by atoms with Gasteiger partial charge in [0.25, 0.3) is 9.05 Å². The van der Waals surface area contributed by atoms with Crippen LogP contribution in [-0.4, -0.2) is 15.0 Å². The third-order valence-corrected chi connectivity index (χ3v) is 3.89. The maximum atomic E-state index is 11.1. The molecule has 0 atom stereocenters. The zero-order chi connectivity index (χ0) is 13.1. The first-order valence-electron chi connectivity index (χ1n) is 4.92. The Morgan fingerprint density at radius 1 is 1.24 bits per heavy atom. The zero-order valence-corrected chi connectivity index (χ0v) is 12.1. The second-order valence-electron chi connectivity index (χ2n) is 3.36. The van der Waals surface area contributed by atoms with Crippen molar-refractivity contribution in [1.29, 1.82) is 0 Å². The molecule has 0 aliphatic rings. The second kappa shape index (κ2) is 6.14. The van der Waals surface area contributed by atoms with Crippen molar-refractivity contribution < 1.29 is 13.2 Å². The average molecular weight is 318 g/mol. The molecule has 3 nitrogen and oxygen atoms in total. The van der Waals surface area contributed by atoms with E-state index in [2.05, 4.69) is 0 Å². The first-order valence-corrected chi connectivity index (χ1v) is 7.99. The number of hydrogen-bond acceptors (Lipinski definition) is 3. The SMILES string of the molecule is CCCCOc1c(Cl)cc(S(=O)(=O)Cl)cc1Cl. The van der Waals surface area contributed by atoms with E-state index in [-0.39, 0.29) is 20.7 Å². The van der Waals surface area contributed by atoms with Crippen LogP contribution in [0.3, 0.4) is 0 Å². The van der Waals surface area contributed by atoms with E-state index in [1.807, 2.05) is 6.92 Å². The summed E-state index contributed by atoms with van der Waals surface area (Å²) < 4.78 is 27.6. The minimum absolute atomic E-state index is 0.132. The smallest absolute Gasteiger partial charge is 0.261 e. The van der Waals surface area contributed by atoms with Crippen LogP contribution < -0.4 is 4.74 Å². The van der Waals surface area contributed by atoms with Crippen LogP contribution in [0.1, 0.15) is 19.8 Å². The van der Waals surface area contributed by atoms with Gasteiger partial charge >= 0.3 is 0 Å². The fourth-order valence-electron chi connectivity index (χ4n) is 1.13. The molecular weight excluding hydrogens is 307 g/mol. The lowest BCUT2D eigenvalue weighted by molar-refractivity contribution is 0.309. The Labute approximate surface area is 115 Å². The molecule has 17 heavy (non-hydrogen) atoms. The lowest BCUT2D eigenvalue weighted by Crippen LogP contribution is -1.99. The molecule has 0 aromatic heterocycles. The van der Waals surface area contributed by atoms with Crippen molar-refractivity contribution in [3.8, 4) is 5.75 Å². The summed E-state index contributed by atoms with van der Waals surface area (Å²) in [5.41, 5.74) is 0. The second-order valence-corrected chi connectivity index (χ2v) is 6.74. The lowest BCUT2D eigenvalue weighted by Gasteiger charge is -2.10. The minimum Gasteiger partial charge on any atom is -0.490 e.